The van der Waals surface area contributed by atoms with E-state index in [2.05, 4.69) is 20.4 Å². The van der Waals surface area contributed by atoms with Crippen molar-refractivity contribution in [1.29, 1.82) is 0 Å². The van der Waals surface area contributed by atoms with E-state index in [1.54, 1.807) is 12.1 Å². The molecule has 1 unspecified atom stereocenters. The highest BCUT2D eigenvalue weighted by molar-refractivity contribution is 7.17. The molecule has 8 nitrogen and oxygen atoms in total. The molecule has 0 spiro atoms. The Morgan fingerprint density at radius 2 is 1.85 bits per heavy atom. The number of anilines is 2. The van der Waals surface area contributed by atoms with E-state index >= 15 is 0 Å². The van der Waals surface area contributed by atoms with Gasteiger partial charge in [-0.15, -0.1) is 11.3 Å². The third-order valence-corrected chi connectivity index (χ3v) is 7.79. The van der Waals surface area contributed by atoms with Gasteiger partial charge in [-0.1, -0.05) is 23.7 Å². The molecular weight excluding hydrogens is 462 g/mol. The van der Waals surface area contributed by atoms with Crippen molar-refractivity contribution in [3.8, 4) is 0 Å². The fourth-order valence-corrected chi connectivity index (χ4v) is 5.88. The fraction of sp³-hybridized carbons (Fsp3) is 0.435. The summed E-state index contributed by atoms with van der Waals surface area (Å²) in [4.78, 5) is 42.6. The number of aryl methyl sites for hydroxylation is 1. The molecule has 0 radical (unpaired) electrons. The van der Waals surface area contributed by atoms with Gasteiger partial charge in [-0.2, -0.15) is 0 Å². The Hall–Kier alpha value is -2.46. The van der Waals surface area contributed by atoms with Crippen molar-refractivity contribution < 1.29 is 14.4 Å². The molecule has 2 aromatic rings. The van der Waals surface area contributed by atoms with E-state index < -0.39 is 5.91 Å². The first-order valence-electron chi connectivity index (χ1n) is 11.1. The monoisotopic (exact) mass is 489 g/mol. The second-order valence-electron chi connectivity index (χ2n) is 8.43. The van der Waals surface area contributed by atoms with Gasteiger partial charge in [-0.05, 0) is 43.9 Å². The molecule has 1 saturated heterocycles. The van der Waals surface area contributed by atoms with Crippen LogP contribution < -0.4 is 16.4 Å². The van der Waals surface area contributed by atoms with Crippen LogP contribution >= 0.6 is 22.9 Å². The minimum Gasteiger partial charge on any atom is -0.365 e. The highest BCUT2D eigenvalue weighted by Crippen LogP contribution is 2.39. The number of amides is 3. The lowest BCUT2D eigenvalue weighted by Crippen LogP contribution is -2.53. The molecule has 10 heteroatoms. The predicted octanol–water partition coefficient (Wildman–Crippen LogP) is 2.57. The first-order valence-corrected chi connectivity index (χ1v) is 12.3. The summed E-state index contributed by atoms with van der Waals surface area (Å²) in [5.41, 5.74) is 7.67. The fourth-order valence-electron chi connectivity index (χ4n) is 4.40. The second-order valence-corrected chi connectivity index (χ2v) is 9.94. The van der Waals surface area contributed by atoms with Crippen LogP contribution in [0.25, 0.3) is 0 Å². The van der Waals surface area contributed by atoms with Gasteiger partial charge in [0.25, 0.3) is 5.91 Å². The molecular formula is C23H28ClN5O3S. The van der Waals surface area contributed by atoms with E-state index in [0.29, 0.717) is 47.5 Å². The molecule has 1 atom stereocenters. The molecule has 2 heterocycles. The van der Waals surface area contributed by atoms with Crippen LogP contribution in [-0.2, 0) is 22.4 Å². The predicted molar refractivity (Wildman–Crippen MR) is 131 cm³/mol. The van der Waals surface area contributed by atoms with Crippen molar-refractivity contribution in [2.24, 2.45) is 5.73 Å². The maximum absolute atomic E-state index is 12.9. The summed E-state index contributed by atoms with van der Waals surface area (Å²) >= 11 is 7.57. The van der Waals surface area contributed by atoms with E-state index in [4.69, 9.17) is 17.3 Å². The van der Waals surface area contributed by atoms with Crippen molar-refractivity contribution in [2.75, 3.05) is 43.4 Å². The second kappa shape index (κ2) is 10.2. The van der Waals surface area contributed by atoms with Crippen LogP contribution in [0.5, 0.6) is 0 Å². The molecule has 3 amide bonds. The summed E-state index contributed by atoms with van der Waals surface area (Å²) < 4.78 is 0. The van der Waals surface area contributed by atoms with E-state index in [0.717, 1.165) is 29.7 Å². The standard InChI is InChI=1S/C23H28ClN5O3S/c1-14(22(32)27-23-20(21(25)31)15-5-4-8-18(15)33-23)29-11-9-28(10-12-29)13-19(30)26-17-7-3-2-6-16(17)24/h2-3,6-7,14H,4-5,8-13H2,1H3,(H2,25,31)(H,26,30)(H,27,32). The zero-order valence-electron chi connectivity index (χ0n) is 18.5. The van der Waals surface area contributed by atoms with Gasteiger partial charge in [0.05, 0.1) is 28.9 Å². The third-order valence-electron chi connectivity index (χ3n) is 6.25. The molecule has 1 aromatic carbocycles. The Balaban J connectivity index is 1.28. The number of carbonyl (C=O) groups is 3. The number of thiophene rings is 1. The van der Waals surface area contributed by atoms with Gasteiger partial charge < -0.3 is 16.4 Å². The first-order chi connectivity index (χ1) is 15.8. The Morgan fingerprint density at radius 3 is 2.55 bits per heavy atom. The Kier molecular flexibility index (Phi) is 7.33. The summed E-state index contributed by atoms with van der Waals surface area (Å²) in [5.74, 6) is -0.754. The van der Waals surface area contributed by atoms with Gasteiger partial charge in [0.2, 0.25) is 11.8 Å². The van der Waals surface area contributed by atoms with E-state index in [1.165, 1.54) is 11.3 Å². The number of piperazine rings is 1. The number of benzene rings is 1. The zero-order chi connectivity index (χ0) is 23.5. The molecule has 1 fully saturated rings. The maximum atomic E-state index is 12.9. The van der Waals surface area contributed by atoms with Crippen molar-refractivity contribution in [3.05, 3.63) is 45.3 Å². The number of nitrogens with two attached hydrogens (primary N) is 1. The average Bonchev–Trinajstić information content (AvgIpc) is 3.36. The van der Waals surface area contributed by atoms with Crippen LogP contribution in [0.1, 0.15) is 34.1 Å². The molecule has 4 rings (SSSR count). The molecule has 33 heavy (non-hydrogen) atoms. The lowest BCUT2D eigenvalue weighted by Gasteiger charge is -2.37. The number of nitrogens with one attached hydrogen (secondary N) is 2. The van der Waals surface area contributed by atoms with E-state index in [9.17, 15) is 14.4 Å². The van der Waals surface area contributed by atoms with Crippen molar-refractivity contribution in [1.82, 2.24) is 9.80 Å². The van der Waals surface area contributed by atoms with Crippen molar-refractivity contribution in [3.63, 3.8) is 0 Å². The summed E-state index contributed by atoms with van der Waals surface area (Å²) in [6.07, 6.45) is 2.78. The topological polar surface area (TPSA) is 108 Å². The van der Waals surface area contributed by atoms with E-state index in [-0.39, 0.29) is 24.4 Å². The number of para-hydroxylation sites is 1. The molecule has 4 N–H and O–H groups in total. The van der Waals surface area contributed by atoms with Crippen LogP contribution in [0.4, 0.5) is 10.7 Å². The largest absolute Gasteiger partial charge is 0.365 e. The number of rotatable bonds is 7. The van der Waals surface area contributed by atoms with Gasteiger partial charge in [0.15, 0.2) is 0 Å². The van der Waals surface area contributed by atoms with Gasteiger partial charge >= 0.3 is 0 Å². The SMILES string of the molecule is CC(C(=O)Nc1sc2c(c1C(N)=O)CCC2)N1CCN(CC(=O)Nc2ccccc2Cl)CC1. The van der Waals surface area contributed by atoms with Gasteiger partial charge in [0.1, 0.15) is 5.00 Å². The van der Waals surface area contributed by atoms with Gasteiger partial charge in [0, 0.05) is 31.1 Å². The Morgan fingerprint density at radius 1 is 1.12 bits per heavy atom. The smallest absolute Gasteiger partial charge is 0.251 e. The molecule has 2 aliphatic rings. The lowest BCUT2D eigenvalue weighted by molar-refractivity contribution is -0.122. The van der Waals surface area contributed by atoms with Gasteiger partial charge in [-0.3, -0.25) is 24.2 Å². The third kappa shape index (κ3) is 5.38. The molecule has 176 valence electrons. The minimum absolute atomic E-state index is 0.118. The van der Waals surface area contributed by atoms with E-state index in [1.807, 2.05) is 19.1 Å². The summed E-state index contributed by atoms with van der Waals surface area (Å²) in [5, 5.41) is 6.86. The number of fused-ring (bicyclic) bond motifs is 1. The number of nitrogens with zero attached hydrogens (tertiary/aromatic N) is 2. The number of hydrogen-bond acceptors (Lipinski definition) is 6. The van der Waals surface area contributed by atoms with Crippen LogP contribution in [0.3, 0.4) is 0 Å². The Bertz CT molecular complexity index is 1060. The Labute approximate surface area is 202 Å². The quantitative estimate of drug-likeness (QED) is 0.554. The molecule has 0 saturated carbocycles. The molecule has 1 aliphatic heterocycles. The maximum Gasteiger partial charge on any atom is 0.251 e. The number of halogens is 1. The highest BCUT2D eigenvalue weighted by Gasteiger charge is 2.30. The minimum atomic E-state index is -0.485. The van der Waals surface area contributed by atoms with Crippen LogP contribution in [0.2, 0.25) is 5.02 Å². The van der Waals surface area contributed by atoms with Crippen LogP contribution in [-0.4, -0.2) is 66.3 Å². The zero-order valence-corrected chi connectivity index (χ0v) is 20.1. The number of primary amides is 1. The van der Waals surface area contributed by atoms with Crippen LogP contribution in [0, 0.1) is 0 Å². The normalized spacial score (nSPS) is 17.4. The number of hydrogen-bond donors (Lipinski definition) is 3. The average molecular weight is 490 g/mol. The summed E-state index contributed by atoms with van der Waals surface area (Å²) in [6, 6.07) is 6.78. The molecule has 1 aliphatic carbocycles. The molecule has 1 aromatic heterocycles. The summed E-state index contributed by atoms with van der Waals surface area (Å²) in [6.45, 7) is 4.80. The van der Waals surface area contributed by atoms with Crippen molar-refractivity contribution >= 4 is 51.3 Å². The lowest BCUT2D eigenvalue weighted by atomic mass is 10.1. The number of carbonyl (C=O) groups excluding carboxylic acids is 3. The van der Waals surface area contributed by atoms with Crippen molar-refractivity contribution in [2.45, 2.75) is 32.2 Å². The van der Waals surface area contributed by atoms with Crippen LogP contribution in [0.15, 0.2) is 24.3 Å². The summed E-state index contributed by atoms with van der Waals surface area (Å²) in [7, 11) is 0. The molecule has 0 bridgehead atoms. The highest BCUT2D eigenvalue weighted by atomic mass is 35.5. The van der Waals surface area contributed by atoms with Gasteiger partial charge in [-0.25, -0.2) is 0 Å². The first kappa shape index (κ1) is 23.7.